The molecule has 1 N–H and O–H groups in total. The number of hydrogen-bond acceptors (Lipinski definition) is 7. The van der Waals surface area contributed by atoms with Gasteiger partial charge in [-0.05, 0) is 43.3 Å². The van der Waals surface area contributed by atoms with E-state index < -0.39 is 0 Å². The van der Waals surface area contributed by atoms with Crippen LogP contribution in [0.2, 0.25) is 0 Å². The number of non-ortho nitro benzene ring substituents is 1. The van der Waals surface area contributed by atoms with Crippen molar-refractivity contribution in [2.75, 3.05) is 43.5 Å². The van der Waals surface area contributed by atoms with Gasteiger partial charge >= 0.3 is 0 Å². The normalized spacial score (nSPS) is 15.4. The Bertz CT molecular complexity index is 1130. The summed E-state index contributed by atoms with van der Waals surface area (Å²) in [5.41, 5.74) is 1.73. The van der Waals surface area contributed by atoms with Crippen LogP contribution >= 0.6 is 0 Å². The van der Waals surface area contributed by atoms with Crippen molar-refractivity contribution < 1.29 is 14.5 Å². The summed E-state index contributed by atoms with van der Waals surface area (Å²) >= 11 is 0. The Hall–Kier alpha value is -3.72. The van der Waals surface area contributed by atoms with Crippen molar-refractivity contribution in [2.24, 2.45) is 0 Å². The zero-order valence-corrected chi connectivity index (χ0v) is 18.0. The van der Waals surface area contributed by atoms with Crippen LogP contribution in [0.15, 0.2) is 54.9 Å². The van der Waals surface area contributed by atoms with Crippen LogP contribution in [-0.2, 0) is 4.79 Å². The van der Waals surface area contributed by atoms with Gasteiger partial charge < -0.3 is 15.0 Å². The van der Waals surface area contributed by atoms with Gasteiger partial charge in [0.05, 0.1) is 23.5 Å². The maximum atomic E-state index is 12.7. The number of ether oxygens (including phenoxy) is 1. The van der Waals surface area contributed by atoms with Gasteiger partial charge in [-0.3, -0.25) is 24.8 Å². The van der Waals surface area contributed by atoms with Gasteiger partial charge in [-0.15, -0.1) is 0 Å². The molecule has 166 valence electrons. The number of rotatable bonds is 6. The number of methoxy groups -OCH3 is 1. The molecule has 1 fully saturated rings. The summed E-state index contributed by atoms with van der Waals surface area (Å²) in [6.45, 7) is 4.76. The third-order valence-electron chi connectivity index (χ3n) is 5.91. The average Bonchev–Trinajstić information content (AvgIpc) is 2.83. The van der Waals surface area contributed by atoms with E-state index in [1.165, 1.54) is 6.07 Å². The van der Waals surface area contributed by atoms with Gasteiger partial charge in [0.15, 0.2) is 0 Å². The Balaban J connectivity index is 1.42. The highest BCUT2D eigenvalue weighted by molar-refractivity contribution is 5.99. The quantitative estimate of drug-likeness (QED) is 0.468. The lowest BCUT2D eigenvalue weighted by atomic mass is 10.1. The van der Waals surface area contributed by atoms with Gasteiger partial charge in [-0.25, -0.2) is 0 Å². The third kappa shape index (κ3) is 4.33. The van der Waals surface area contributed by atoms with Crippen LogP contribution in [0.5, 0.6) is 5.75 Å². The van der Waals surface area contributed by atoms with Gasteiger partial charge in [-0.2, -0.15) is 0 Å². The van der Waals surface area contributed by atoms with Crippen molar-refractivity contribution in [1.82, 2.24) is 9.88 Å². The second-order valence-electron chi connectivity index (χ2n) is 7.70. The topological polar surface area (TPSA) is 101 Å². The Morgan fingerprint density at radius 2 is 1.81 bits per heavy atom. The van der Waals surface area contributed by atoms with Gasteiger partial charge in [0.25, 0.3) is 5.69 Å². The molecule has 1 aliphatic heterocycles. The number of hydrogen-bond donors (Lipinski definition) is 1. The minimum absolute atomic E-state index is 0.0549. The highest BCUT2D eigenvalue weighted by atomic mass is 16.6. The van der Waals surface area contributed by atoms with Crippen molar-refractivity contribution in [3.05, 3.63) is 65.0 Å². The van der Waals surface area contributed by atoms with E-state index in [-0.39, 0.29) is 22.6 Å². The van der Waals surface area contributed by atoms with E-state index in [0.717, 1.165) is 35.6 Å². The smallest absolute Gasteiger partial charge is 0.278 e. The van der Waals surface area contributed by atoms with E-state index in [1.54, 1.807) is 25.6 Å². The molecule has 0 unspecified atom stereocenters. The standard InChI is InChI=1S/C23H25N5O4/c1-16(23(29)25-17-3-5-18(32-2)6-4-17)26-11-13-27(14-12-26)21-7-8-22(28(30)31)20-15-24-10-9-19(20)21/h3-10,15-16H,11-14H2,1-2H3,(H,25,29)/t16-/m0/s1. The van der Waals surface area contributed by atoms with Crippen LogP contribution in [0.25, 0.3) is 10.8 Å². The minimum Gasteiger partial charge on any atom is -0.497 e. The molecule has 0 saturated carbocycles. The highest BCUT2D eigenvalue weighted by Crippen LogP contribution is 2.33. The molecule has 9 nitrogen and oxygen atoms in total. The molecule has 0 radical (unpaired) electrons. The molecule has 4 rings (SSSR count). The number of nitrogens with one attached hydrogen (secondary N) is 1. The first-order chi connectivity index (χ1) is 15.5. The van der Waals surface area contributed by atoms with Crippen molar-refractivity contribution in [1.29, 1.82) is 0 Å². The first kappa shape index (κ1) is 21.5. The summed E-state index contributed by atoms with van der Waals surface area (Å²) in [6.07, 6.45) is 3.19. The molecule has 0 aliphatic carbocycles. The number of anilines is 2. The van der Waals surface area contributed by atoms with Crippen LogP contribution in [0.1, 0.15) is 6.92 Å². The number of fused-ring (bicyclic) bond motifs is 1. The highest BCUT2D eigenvalue weighted by Gasteiger charge is 2.27. The number of benzene rings is 2. The number of carbonyl (C=O) groups excluding carboxylic acids is 1. The van der Waals surface area contributed by atoms with Crippen LogP contribution in [0.3, 0.4) is 0 Å². The summed E-state index contributed by atoms with van der Waals surface area (Å²) in [4.78, 5) is 32.1. The average molecular weight is 435 g/mol. The summed E-state index contributed by atoms with van der Waals surface area (Å²) < 4.78 is 5.15. The van der Waals surface area contributed by atoms with Gasteiger partial charge in [0, 0.05) is 61.4 Å². The molecule has 1 saturated heterocycles. The number of amides is 1. The maximum Gasteiger partial charge on any atom is 0.278 e. The number of nitrogens with zero attached hydrogens (tertiary/aromatic N) is 4. The van der Waals surface area contributed by atoms with Gasteiger partial charge in [0.1, 0.15) is 5.75 Å². The van der Waals surface area contributed by atoms with Crippen molar-refractivity contribution in [2.45, 2.75) is 13.0 Å². The SMILES string of the molecule is COc1ccc(NC(=O)[C@H](C)N2CCN(c3ccc([N+](=O)[O-])c4cnccc34)CC2)cc1. The minimum atomic E-state index is -0.380. The van der Waals surface area contributed by atoms with E-state index in [2.05, 4.69) is 20.1 Å². The number of piperazine rings is 1. The molecule has 32 heavy (non-hydrogen) atoms. The lowest BCUT2D eigenvalue weighted by molar-refractivity contribution is -0.383. The fourth-order valence-electron chi connectivity index (χ4n) is 4.03. The summed E-state index contributed by atoms with van der Waals surface area (Å²) in [6, 6.07) is 12.1. The summed E-state index contributed by atoms with van der Waals surface area (Å²) in [5.74, 6) is 0.678. The Morgan fingerprint density at radius 3 is 2.47 bits per heavy atom. The van der Waals surface area contributed by atoms with E-state index >= 15 is 0 Å². The van der Waals surface area contributed by atoms with E-state index in [4.69, 9.17) is 4.74 Å². The molecular weight excluding hydrogens is 410 g/mol. The molecule has 3 aromatic rings. The number of nitro benzene ring substituents is 1. The molecule has 1 aromatic heterocycles. The lowest BCUT2D eigenvalue weighted by Gasteiger charge is -2.38. The lowest BCUT2D eigenvalue weighted by Crippen LogP contribution is -2.52. The summed E-state index contributed by atoms with van der Waals surface area (Å²) in [7, 11) is 1.60. The number of carbonyl (C=O) groups is 1. The van der Waals surface area contributed by atoms with E-state index in [9.17, 15) is 14.9 Å². The molecule has 0 spiro atoms. The number of aromatic nitrogens is 1. The van der Waals surface area contributed by atoms with Crippen LogP contribution in [0, 0.1) is 10.1 Å². The molecule has 0 bridgehead atoms. The first-order valence-corrected chi connectivity index (χ1v) is 10.4. The Kier molecular flexibility index (Phi) is 6.18. The van der Waals surface area contributed by atoms with Gasteiger partial charge in [0.2, 0.25) is 5.91 Å². The summed E-state index contributed by atoms with van der Waals surface area (Å²) in [5, 5.41) is 15.7. The predicted molar refractivity (Wildman–Crippen MR) is 123 cm³/mol. The molecule has 9 heteroatoms. The second-order valence-corrected chi connectivity index (χ2v) is 7.70. The van der Waals surface area contributed by atoms with E-state index in [0.29, 0.717) is 18.5 Å². The van der Waals surface area contributed by atoms with Crippen LogP contribution < -0.4 is 15.0 Å². The van der Waals surface area contributed by atoms with Crippen LogP contribution in [0.4, 0.5) is 17.1 Å². The first-order valence-electron chi connectivity index (χ1n) is 10.4. The molecule has 2 heterocycles. The van der Waals surface area contributed by atoms with Crippen molar-refractivity contribution in [3.8, 4) is 5.75 Å². The van der Waals surface area contributed by atoms with Crippen LogP contribution in [-0.4, -0.2) is 60.0 Å². The number of nitro groups is 1. The van der Waals surface area contributed by atoms with Gasteiger partial charge in [-0.1, -0.05) is 0 Å². The maximum absolute atomic E-state index is 12.7. The Morgan fingerprint density at radius 1 is 1.09 bits per heavy atom. The predicted octanol–water partition coefficient (Wildman–Crippen LogP) is 3.30. The molecule has 1 amide bonds. The molecular formula is C23H25N5O4. The largest absolute Gasteiger partial charge is 0.497 e. The third-order valence-corrected chi connectivity index (χ3v) is 5.91. The second kappa shape index (κ2) is 9.19. The fourth-order valence-corrected chi connectivity index (χ4v) is 4.03. The molecule has 1 aliphatic rings. The van der Waals surface area contributed by atoms with Crippen molar-refractivity contribution in [3.63, 3.8) is 0 Å². The van der Waals surface area contributed by atoms with E-state index in [1.807, 2.05) is 37.3 Å². The zero-order valence-electron chi connectivity index (χ0n) is 18.0. The Labute approximate surface area is 185 Å². The fraction of sp³-hybridized carbons (Fsp3) is 0.304. The zero-order chi connectivity index (χ0) is 22.7. The monoisotopic (exact) mass is 435 g/mol. The van der Waals surface area contributed by atoms with Crippen molar-refractivity contribution >= 4 is 33.7 Å². The molecule has 2 aromatic carbocycles. The number of pyridine rings is 1. The molecule has 1 atom stereocenters.